The number of nitrogens with zero attached hydrogens (tertiary/aromatic N) is 1. The fourth-order valence-corrected chi connectivity index (χ4v) is 0.956. The summed E-state index contributed by atoms with van der Waals surface area (Å²) in [5.41, 5.74) is 0. The lowest BCUT2D eigenvalue weighted by Gasteiger charge is -2.18. The van der Waals surface area contributed by atoms with Crippen LogP contribution in [0.1, 0.15) is 27.2 Å². The molecule has 0 N–H and O–H groups in total. The van der Waals surface area contributed by atoms with E-state index in [0.717, 1.165) is 13.0 Å². The minimum absolute atomic E-state index is 0.0952. The molecule has 12 heavy (non-hydrogen) atoms. The van der Waals surface area contributed by atoms with Gasteiger partial charge in [0.2, 0.25) is 5.91 Å². The Balaban J connectivity index is 3.86. The Morgan fingerprint density at radius 1 is 1.58 bits per heavy atom. The number of likely N-dealkylation sites (N-methyl/N-ethyl adjacent to an activating group) is 1. The van der Waals surface area contributed by atoms with E-state index in [2.05, 4.69) is 13.8 Å². The summed E-state index contributed by atoms with van der Waals surface area (Å²) in [6.45, 7) is 6.99. The van der Waals surface area contributed by atoms with Crippen molar-refractivity contribution in [2.75, 3.05) is 13.6 Å². The molecule has 0 aromatic heterocycles. The van der Waals surface area contributed by atoms with E-state index in [1.807, 2.05) is 14.0 Å². The Morgan fingerprint density at radius 3 is 2.58 bits per heavy atom. The van der Waals surface area contributed by atoms with Crippen LogP contribution in [0.3, 0.4) is 0 Å². The standard InChI is InChI=1S/C10H19NO/c1-5-7-10(12)11(4)8-9(3)6-2/h5,7,9H,6,8H2,1-4H3. The molecule has 0 saturated carbocycles. The van der Waals surface area contributed by atoms with Gasteiger partial charge in [0.15, 0.2) is 0 Å². The van der Waals surface area contributed by atoms with Crippen molar-refractivity contribution >= 4 is 5.91 Å². The van der Waals surface area contributed by atoms with Gasteiger partial charge in [-0.15, -0.1) is 0 Å². The molecule has 0 saturated heterocycles. The quantitative estimate of drug-likeness (QED) is 0.590. The number of amides is 1. The number of carbonyl (C=O) groups is 1. The van der Waals surface area contributed by atoms with Gasteiger partial charge in [0.1, 0.15) is 0 Å². The lowest BCUT2D eigenvalue weighted by molar-refractivity contribution is -0.125. The van der Waals surface area contributed by atoms with Crippen LogP contribution >= 0.6 is 0 Å². The maximum Gasteiger partial charge on any atom is 0.245 e. The van der Waals surface area contributed by atoms with Gasteiger partial charge in [0.25, 0.3) is 0 Å². The van der Waals surface area contributed by atoms with Crippen LogP contribution in [0.2, 0.25) is 0 Å². The molecule has 1 atom stereocenters. The highest BCUT2D eigenvalue weighted by molar-refractivity contribution is 5.87. The second-order valence-corrected chi connectivity index (χ2v) is 3.23. The minimum atomic E-state index is 0.0952. The summed E-state index contributed by atoms with van der Waals surface area (Å²) in [5, 5.41) is 0. The molecule has 0 aliphatic rings. The predicted molar refractivity (Wildman–Crippen MR) is 51.9 cm³/mol. The second kappa shape index (κ2) is 5.81. The van der Waals surface area contributed by atoms with Crippen LogP contribution < -0.4 is 0 Å². The summed E-state index contributed by atoms with van der Waals surface area (Å²) in [4.78, 5) is 13.0. The SMILES string of the molecule is CC=CC(=O)N(C)CC(C)CC. The topological polar surface area (TPSA) is 20.3 Å². The highest BCUT2D eigenvalue weighted by atomic mass is 16.2. The molecule has 1 amide bonds. The van der Waals surface area contributed by atoms with Crippen molar-refractivity contribution in [3.63, 3.8) is 0 Å². The Bertz CT molecular complexity index is 163. The second-order valence-electron chi connectivity index (χ2n) is 3.23. The fraction of sp³-hybridized carbons (Fsp3) is 0.700. The maximum atomic E-state index is 11.2. The van der Waals surface area contributed by atoms with E-state index >= 15 is 0 Å². The molecule has 0 aliphatic heterocycles. The van der Waals surface area contributed by atoms with Crippen molar-refractivity contribution in [3.8, 4) is 0 Å². The van der Waals surface area contributed by atoms with E-state index in [0.29, 0.717) is 5.92 Å². The smallest absolute Gasteiger partial charge is 0.245 e. The fourth-order valence-electron chi connectivity index (χ4n) is 0.956. The molecular weight excluding hydrogens is 150 g/mol. The van der Waals surface area contributed by atoms with Gasteiger partial charge in [-0.1, -0.05) is 26.3 Å². The van der Waals surface area contributed by atoms with Gasteiger partial charge in [-0.25, -0.2) is 0 Å². The van der Waals surface area contributed by atoms with E-state index in [1.54, 1.807) is 17.1 Å². The van der Waals surface area contributed by atoms with Crippen LogP contribution in [0.25, 0.3) is 0 Å². The van der Waals surface area contributed by atoms with Gasteiger partial charge in [-0.05, 0) is 18.9 Å². The van der Waals surface area contributed by atoms with E-state index < -0.39 is 0 Å². The Morgan fingerprint density at radius 2 is 2.17 bits per heavy atom. The first-order valence-electron chi connectivity index (χ1n) is 4.49. The lowest BCUT2D eigenvalue weighted by Crippen LogP contribution is -2.29. The Hall–Kier alpha value is -0.790. The zero-order valence-electron chi connectivity index (χ0n) is 8.50. The van der Waals surface area contributed by atoms with Crippen molar-refractivity contribution in [3.05, 3.63) is 12.2 Å². The maximum absolute atomic E-state index is 11.2. The van der Waals surface area contributed by atoms with E-state index in [9.17, 15) is 4.79 Å². The van der Waals surface area contributed by atoms with Crippen LogP contribution in [0.15, 0.2) is 12.2 Å². The average Bonchev–Trinajstić information content (AvgIpc) is 2.04. The third-order valence-corrected chi connectivity index (χ3v) is 1.97. The molecule has 0 rings (SSSR count). The number of allylic oxidation sites excluding steroid dienone is 1. The minimum Gasteiger partial charge on any atom is -0.342 e. The number of hydrogen-bond donors (Lipinski definition) is 0. The molecule has 0 aromatic rings. The zero-order valence-corrected chi connectivity index (χ0v) is 8.50. The van der Waals surface area contributed by atoms with E-state index in [1.165, 1.54) is 0 Å². The highest BCUT2D eigenvalue weighted by Crippen LogP contribution is 2.02. The van der Waals surface area contributed by atoms with E-state index in [-0.39, 0.29) is 5.91 Å². The average molecular weight is 169 g/mol. The molecule has 0 radical (unpaired) electrons. The molecule has 0 fully saturated rings. The molecule has 0 aliphatic carbocycles. The van der Waals surface area contributed by atoms with Gasteiger partial charge >= 0.3 is 0 Å². The summed E-state index contributed by atoms with van der Waals surface area (Å²) in [5.74, 6) is 0.682. The molecule has 70 valence electrons. The van der Waals surface area contributed by atoms with Crippen molar-refractivity contribution in [1.29, 1.82) is 0 Å². The Kier molecular flexibility index (Phi) is 5.43. The molecule has 2 nitrogen and oxygen atoms in total. The molecule has 0 aromatic carbocycles. The van der Waals surface area contributed by atoms with Crippen LogP contribution in [0.4, 0.5) is 0 Å². The predicted octanol–water partition coefficient (Wildman–Crippen LogP) is 2.07. The molecule has 0 heterocycles. The number of carbonyl (C=O) groups excluding carboxylic acids is 1. The number of hydrogen-bond acceptors (Lipinski definition) is 1. The summed E-state index contributed by atoms with van der Waals surface area (Å²) in [7, 11) is 1.84. The first-order chi connectivity index (χ1) is 5.61. The van der Waals surface area contributed by atoms with Crippen LogP contribution in [-0.2, 0) is 4.79 Å². The lowest BCUT2D eigenvalue weighted by atomic mass is 10.1. The first-order valence-corrected chi connectivity index (χ1v) is 4.49. The van der Waals surface area contributed by atoms with Gasteiger partial charge in [0.05, 0.1) is 0 Å². The molecule has 0 bridgehead atoms. The van der Waals surface area contributed by atoms with Crippen LogP contribution in [-0.4, -0.2) is 24.4 Å². The normalized spacial score (nSPS) is 13.3. The van der Waals surface area contributed by atoms with Gasteiger partial charge in [-0.2, -0.15) is 0 Å². The summed E-state index contributed by atoms with van der Waals surface area (Å²) in [6.07, 6.45) is 4.49. The molecule has 0 spiro atoms. The molecular formula is C10H19NO. The van der Waals surface area contributed by atoms with Crippen molar-refractivity contribution < 1.29 is 4.79 Å². The van der Waals surface area contributed by atoms with Crippen molar-refractivity contribution in [1.82, 2.24) is 4.90 Å². The van der Waals surface area contributed by atoms with Crippen molar-refractivity contribution in [2.45, 2.75) is 27.2 Å². The third kappa shape index (κ3) is 4.16. The Labute approximate surface area is 75.3 Å². The number of rotatable bonds is 4. The summed E-state index contributed by atoms with van der Waals surface area (Å²) >= 11 is 0. The largest absolute Gasteiger partial charge is 0.342 e. The molecule has 2 heteroatoms. The van der Waals surface area contributed by atoms with Crippen molar-refractivity contribution in [2.24, 2.45) is 5.92 Å². The van der Waals surface area contributed by atoms with Gasteiger partial charge in [0, 0.05) is 13.6 Å². The van der Waals surface area contributed by atoms with Crippen LogP contribution in [0.5, 0.6) is 0 Å². The molecule has 1 unspecified atom stereocenters. The zero-order chi connectivity index (χ0) is 9.56. The summed E-state index contributed by atoms with van der Waals surface area (Å²) < 4.78 is 0. The monoisotopic (exact) mass is 169 g/mol. The highest BCUT2D eigenvalue weighted by Gasteiger charge is 2.07. The van der Waals surface area contributed by atoms with Gasteiger partial charge in [-0.3, -0.25) is 4.79 Å². The van der Waals surface area contributed by atoms with Crippen LogP contribution in [0, 0.1) is 5.92 Å². The summed E-state index contributed by atoms with van der Waals surface area (Å²) in [6, 6.07) is 0. The third-order valence-electron chi connectivity index (χ3n) is 1.97. The first kappa shape index (κ1) is 11.2. The van der Waals surface area contributed by atoms with Gasteiger partial charge < -0.3 is 4.90 Å². The van der Waals surface area contributed by atoms with E-state index in [4.69, 9.17) is 0 Å².